The minimum absolute atomic E-state index is 0.0791. The molecule has 0 aromatic rings. The van der Waals surface area contributed by atoms with E-state index < -0.39 is 12.8 Å². The van der Waals surface area contributed by atoms with Gasteiger partial charge in [0.05, 0.1) is 6.61 Å². The van der Waals surface area contributed by atoms with Crippen molar-refractivity contribution in [2.75, 3.05) is 25.1 Å². The summed E-state index contributed by atoms with van der Waals surface area (Å²) in [5.41, 5.74) is 0. The van der Waals surface area contributed by atoms with Crippen molar-refractivity contribution >= 4 is 15.9 Å². The van der Waals surface area contributed by atoms with Gasteiger partial charge in [0.25, 0.3) is 0 Å². The first kappa shape index (κ1) is 15.2. The highest BCUT2D eigenvalue weighted by Crippen LogP contribution is 2.14. The van der Waals surface area contributed by atoms with Gasteiger partial charge in [-0.1, -0.05) is 29.8 Å². The SMILES string of the molecule is CC(C)C(CBr)NCCOCC(F)(F)F. The van der Waals surface area contributed by atoms with Crippen molar-refractivity contribution < 1.29 is 17.9 Å². The van der Waals surface area contributed by atoms with E-state index in [-0.39, 0.29) is 12.6 Å². The Morgan fingerprint density at radius 3 is 2.33 bits per heavy atom. The molecule has 0 aliphatic heterocycles. The Kier molecular flexibility index (Phi) is 7.56. The van der Waals surface area contributed by atoms with Crippen LogP contribution in [-0.4, -0.2) is 37.3 Å². The van der Waals surface area contributed by atoms with Crippen molar-refractivity contribution in [2.24, 2.45) is 5.92 Å². The van der Waals surface area contributed by atoms with Gasteiger partial charge in [0.15, 0.2) is 0 Å². The van der Waals surface area contributed by atoms with Crippen LogP contribution < -0.4 is 5.32 Å². The third-order valence-corrected chi connectivity index (χ3v) is 2.59. The second-order valence-electron chi connectivity index (χ2n) is 3.63. The molecule has 0 radical (unpaired) electrons. The molecule has 6 heteroatoms. The van der Waals surface area contributed by atoms with Crippen molar-refractivity contribution in [1.29, 1.82) is 0 Å². The van der Waals surface area contributed by atoms with Gasteiger partial charge in [-0.25, -0.2) is 0 Å². The summed E-state index contributed by atoms with van der Waals surface area (Å²) in [5, 5.41) is 3.90. The highest BCUT2D eigenvalue weighted by atomic mass is 79.9. The monoisotopic (exact) mass is 291 g/mol. The largest absolute Gasteiger partial charge is 0.411 e. The third-order valence-electron chi connectivity index (χ3n) is 1.89. The zero-order valence-corrected chi connectivity index (χ0v) is 10.5. The second kappa shape index (κ2) is 7.46. The summed E-state index contributed by atoms with van der Waals surface area (Å²) < 4.78 is 39.5. The van der Waals surface area contributed by atoms with Gasteiger partial charge in [-0.15, -0.1) is 0 Å². The van der Waals surface area contributed by atoms with E-state index in [4.69, 9.17) is 0 Å². The minimum Gasteiger partial charge on any atom is -0.371 e. The number of nitrogens with one attached hydrogen (secondary N) is 1. The normalized spacial score (nSPS) is 14.6. The fraction of sp³-hybridized carbons (Fsp3) is 1.00. The summed E-state index contributed by atoms with van der Waals surface area (Å²) in [6, 6.07) is 0.263. The van der Waals surface area contributed by atoms with E-state index >= 15 is 0 Å². The molecule has 92 valence electrons. The van der Waals surface area contributed by atoms with Gasteiger partial charge in [0, 0.05) is 17.9 Å². The van der Waals surface area contributed by atoms with Crippen LogP contribution in [0.3, 0.4) is 0 Å². The number of alkyl halides is 4. The van der Waals surface area contributed by atoms with Crippen LogP contribution in [0, 0.1) is 5.92 Å². The first-order chi connectivity index (χ1) is 6.87. The van der Waals surface area contributed by atoms with Crippen LogP contribution in [0.4, 0.5) is 13.2 Å². The molecule has 1 unspecified atom stereocenters. The molecule has 0 saturated heterocycles. The molecular formula is C9H17BrF3NO. The number of rotatable bonds is 7. The van der Waals surface area contributed by atoms with Crippen LogP contribution in [0.1, 0.15) is 13.8 Å². The van der Waals surface area contributed by atoms with Gasteiger partial charge in [-0.05, 0) is 5.92 Å². The van der Waals surface area contributed by atoms with E-state index in [0.29, 0.717) is 12.5 Å². The molecule has 1 atom stereocenters. The molecule has 0 aromatic heterocycles. The Morgan fingerprint density at radius 1 is 1.33 bits per heavy atom. The maximum absolute atomic E-state index is 11.7. The molecule has 15 heavy (non-hydrogen) atoms. The fourth-order valence-corrected chi connectivity index (χ4v) is 1.95. The summed E-state index contributed by atoms with van der Waals surface area (Å²) in [6.45, 7) is 3.45. The van der Waals surface area contributed by atoms with Crippen molar-refractivity contribution in [2.45, 2.75) is 26.1 Å². The predicted octanol–water partition coefficient (Wildman–Crippen LogP) is 2.57. The highest BCUT2D eigenvalue weighted by molar-refractivity contribution is 9.09. The lowest BCUT2D eigenvalue weighted by atomic mass is 10.1. The number of ether oxygens (including phenoxy) is 1. The molecular weight excluding hydrogens is 275 g/mol. The Bertz CT molecular complexity index is 164. The van der Waals surface area contributed by atoms with Crippen LogP contribution in [0.5, 0.6) is 0 Å². The zero-order valence-electron chi connectivity index (χ0n) is 8.90. The topological polar surface area (TPSA) is 21.3 Å². The lowest BCUT2D eigenvalue weighted by Crippen LogP contribution is -2.37. The average molecular weight is 292 g/mol. The van der Waals surface area contributed by atoms with Gasteiger partial charge >= 0.3 is 6.18 Å². The van der Waals surface area contributed by atoms with Crippen molar-refractivity contribution in [3.63, 3.8) is 0 Å². The molecule has 0 heterocycles. The number of hydrogen-bond acceptors (Lipinski definition) is 2. The summed E-state index contributed by atoms with van der Waals surface area (Å²) in [4.78, 5) is 0. The van der Waals surface area contributed by atoms with E-state index in [1.807, 2.05) is 0 Å². The van der Waals surface area contributed by atoms with Crippen molar-refractivity contribution in [1.82, 2.24) is 5.32 Å². The van der Waals surface area contributed by atoms with Gasteiger partial charge in [-0.3, -0.25) is 0 Å². The van der Waals surface area contributed by atoms with Gasteiger partial charge in [-0.2, -0.15) is 13.2 Å². The van der Waals surface area contributed by atoms with Crippen molar-refractivity contribution in [3.8, 4) is 0 Å². The van der Waals surface area contributed by atoms with Gasteiger partial charge in [0.1, 0.15) is 6.61 Å². The first-order valence-electron chi connectivity index (χ1n) is 4.80. The number of hydrogen-bond donors (Lipinski definition) is 1. The van der Waals surface area contributed by atoms with Crippen molar-refractivity contribution in [3.05, 3.63) is 0 Å². The predicted molar refractivity (Wildman–Crippen MR) is 57.3 cm³/mol. The Labute approximate surface area is 96.7 Å². The fourth-order valence-electron chi connectivity index (χ4n) is 0.973. The second-order valence-corrected chi connectivity index (χ2v) is 4.27. The van der Waals surface area contributed by atoms with Crippen LogP contribution in [0.25, 0.3) is 0 Å². The molecule has 1 N–H and O–H groups in total. The summed E-state index contributed by atoms with van der Waals surface area (Å²) in [5.74, 6) is 0.437. The molecule has 0 bridgehead atoms. The Hall–Kier alpha value is 0.190. The van der Waals surface area contributed by atoms with E-state index in [9.17, 15) is 13.2 Å². The molecule has 0 rings (SSSR count). The Morgan fingerprint density at radius 2 is 1.93 bits per heavy atom. The molecule has 0 aliphatic carbocycles. The van der Waals surface area contributed by atoms with Crippen LogP contribution in [-0.2, 0) is 4.74 Å². The maximum atomic E-state index is 11.7. The molecule has 2 nitrogen and oxygen atoms in total. The molecule has 0 amide bonds. The molecule has 0 saturated carbocycles. The maximum Gasteiger partial charge on any atom is 0.411 e. The van der Waals surface area contributed by atoms with Crippen LogP contribution >= 0.6 is 15.9 Å². The minimum atomic E-state index is -4.23. The lowest BCUT2D eigenvalue weighted by molar-refractivity contribution is -0.173. The smallest absolute Gasteiger partial charge is 0.371 e. The van der Waals surface area contributed by atoms with Crippen LogP contribution in [0.15, 0.2) is 0 Å². The van der Waals surface area contributed by atoms with Crippen LogP contribution in [0.2, 0.25) is 0 Å². The summed E-state index contributed by atoms with van der Waals surface area (Å²) >= 11 is 3.33. The lowest BCUT2D eigenvalue weighted by Gasteiger charge is -2.19. The summed E-state index contributed by atoms with van der Waals surface area (Å²) in [7, 11) is 0. The van der Waals surface area contributed by atoms with E-state index in [1.54, 1.807) is 0 Å². The molecule has 0 fully saturated rings. The molecule has 0 aliphatic rings. The van der Waals surface area contributed by atoms with Gasteiger partial charge in [0.2, 0.25) is 0 Å². The number of halogens is 4. The van der Waals surface area contributed by atoms with E-state index in [0.717, 1.165) is 5.33 Å². The average Bonchev–Trinajstić information content (AvgIpc) is 2.08. The Balaban J connectivity index is 3.45. The third kappa shape index (κ3) is 9.14. The van der Waals surface area contributed by atoms with E-state index in [2.05, 4.69) is 39.8 Å². The first-order valence-corrected chi connectivity index (χ1v) is 5.93. The van der Waals surface area contributed by atoms with E-state index in [1.165, 1.54) is 0 Å². The summed E-state index contributed by atoms with van der Waals surface area (Å²) in [6.07, 6.45) is -4.23. The zero-order chi connectivity index (χ0) is 11.9. The quantitative estimate of drug-likeness (QED) is 0.575. The van der Waals surface area contributed by atoms with Gasteiger partial charge < -0.3 is 10.1 Å². The molecule has 0 aromatic carbocycles. The highest BCUT2D eigenvalue weighted by Gasteiger charge is 2.27. The standard InChI is InChI=1S/C9H17BrF3NO/c1-7(2)8(5-10)14-3-4-15-6-9(11,12)13/h7-8,14H,3-6H2,1-2H3. The molecule has 0 spiro atoms.